The zero-order chi connectivity index (χ0) is 12.1. The highest BCUT2D eigenvalue weighted by molar-refractivity contribution is 5.45. The first-order valence-electron chi connectivity index (χ1n) is 6.79. The predicted octanol–water partition coefficient (Wildman–Crippen LogP) is 3.06. The summed E-state index contributed by atoms with van der Waals surface area (Å²) in [6.45, 7) is 4.28. The Kier molecular flexibility index (Phi) is 4.43. The molecule has 0 radical (unpaired) electrons. The van der Waals surface area contributed by atoms with E-state index in [0.29, 0.717) is 5.92 Å². The van der Waals surface area contributed by atoms with E-state index >= 15 is 0 Å². The molecule has 0 aliphatic heterocycles. The fraction of sp³-hybridized carbons (Fsp3) is 0.600. The zero-order valence-electron chi connectivity index (χ0n) is 10.7. The lowest BCUT2D eigenvalue weighted by molar-refractivity contribution is 0.129. The van der Waals surface area contributed by atoms with E-state index in [1.165, 1.54) is 18.5 Å². The summed E-state index contributed by atoms with van der Waals surface area (Å²) in [7, 11) is 0. The maximum atomic E-state index is 9.83. The van der Waals surface area contributed by atoms with E-state index < -0.39 is 0 Å². The summed E-state index contributed by atoms with van der Waals surface area (Å²) < 4.78 is 0. The summed E-state index contributed by atoms with van der Waals surface area (Å²) in [5.74, 6) is 0.521. The third-order valence-electron chi connectivity index (χ3n) is 3.89. The summed E-state index contributed by atoms with van der Waals surface area (Å²) in [6, 6.07) is 10.5. The van der Waals surface area contributed by atoms with Crippen LogP contribution in [0.15, 0.2) is 30.3 Å². The SMILES string of the molecule is CCN(CCC1CCCC1O)c1ccccc1. The number of aliphatic hydroxyl groups excluding tert-OH is 1. The van der Waals surface area contributed by atoms with Gasteiger partial charge in [0.2, 0.25) is 0 Å². The van der Waals surface area contributed by atoms with Gasteiger partial charge in [0, 0.05) is 18.8 Å². The van der Waals surface area contributed by atoms with Crippen LogP contribution in [0.4, 0.5) is 5.69 Å². The van der Waals surface area contributed by atoms with Gasteiger partial charge in [-0.15, -0.1) is 0 Å². The molecule has 1 N–H and O–H groups in total. The van der Waals surface area contributed by atoms with Crippen LogP contribution in [0.1, 0.15) is 32.6 Å². The van der Waals surface area contributed by atoms with Crippen molar-refractivity contribution in [1.29, 1.82) is 0 Å². The first-order chi connectivity index (χ1) is 8.31. The van der Waals surface area contributed by atoms with Crippen molar-refractivity contribution in [2.45, 2.75) is 38.7 Å². The number of benzene rings is 1. The lowest BCUT2D eigenvalue weighted by Gasteiger charge is -2.25. The minimum absolute atomic E-state index is 0.0514. The number of anilines is 1. The molecule has 0 heterocycles. The molecule has 1 aromatic rings. The fourth-order valence-corrected chi connectivity index (χ4v) is 2.78. The van der Waals surface area contributed by atoms with Crippen LogP contribution in [0.25, 0.3) is 0 Å². The van der Waals surface area contributed by atoms with Crippen LogP contribution in [-0.2, 0) is 0 Å². The summed E-state index contributed by atoms with van der Waals surface area (Å²) in [5, 5.41) is 9.83. The molecule has 1 aliphatic carbocycles. The molecule has 1 aromatic carbocycles. The van der Waals surface area contributed by atoms with Crippen molar-refractivity contribution in [2.75, 3.05) is 18.0 Å². The second kappa shape index (κ2) is 6.06. The highest BCUT2D eigenvalue weighted by atomic mass is 16.3. The highest BCUT2D eigenvalue weighted by Gasteiger charge is 2.25. The van der Waals surface area contributed by atoms with E-state index in [1.54, 1.807) is 0 Å². The van der Waals surface area contributed by atoms with E-state index in [-0.39, 0.29) is 6.10 Å². The molecule has 2 heteroatoms. The first-order valence-corrected chi connectivity index (χ1v) is 6.79. The number of para-hydroxylation sites is 1. The van der Waals surface area contributed by atoms with E-state index in [1.807, 2.05) is 0 Å². The predicted molar refractivity (Wildman–Crippen MR) is 72.3 cm³/mol. The lowest BCUT2D eigenvalue weighted by atomic mass is 10.0. The normalized spacial score (nSPS) is 23.9. The average Bonchev–Trinajstić information content (AvgIpc) is 2.77. The maximum Gasteiger partial charge on any atom is 0.0569 e. The second-order valence-electron chi connectivity index (χ2n) is 4.96. The van der Waals surface area contributed by atoms with Crippen LogP contribution in [0.3, 0.4) is 0 Å². The average molecular weight is 233 g/mol. The molecule has 0 spiro atoms. The Labute approximate surface area is 104 Å². The van der Waals surface area contributed by atoms with E-state index in [4.69, 9.17) is 0 Å². The van der Waals surface area contributed by atoms with Crippen LogP contribution < -0.4 is 4.90 Å². The molecule has 0 aromatic heterocycles. The van der Waals surface area contributed by atoms with Crippen molar-refractivity contribution < 1.29 is 5.11 Å². The molecule has 2 atom stereocenters. The van der Waals surface area contributed by atoms with Gasteiger partial charge in [0.1, 0.15) is 0 Å². The molecule has 2 rings (SSSR count). The summed E-state index contributed by atoms with van der Waals surface area (Å²) >= 11 is 0. The van der Waals surface area contributed by atoms with Gasteiger partial charge in [0.15, 0.2) is 0 Å². The Bertz CT molecular complexity index is 325. The molecule has 0 amide bonds. The second-order valence-corrected chi connectivity index (χ2v) is 4.96. The molecule has 1 aliphatic rings. The van der Waals surface area contributed by atoms with Crippen LogP contribution >= 0.6 is 0 Å². The Morgan fingerprint density at radius 1 is 1.24 bits per heavy atom. The van der Waals surface area contributed by atoms with Gasteiger partial charge < -0.3 is 10.0 Å². The van der Waals surface area contributed by atoms with Gasteiger partial charge in [-0.3, -0.25) is 0 Å². The smallest absolute Gasteiger partial charge is 0.0569 e. The number of hydrogen-bond donors (Lipinski definition) is 1. The van der Waals surface area contributed by atoms with Crippen LogP contribution in [0, 0.1) is 5.92 Å². The zero-order valence-corrected chi connectivity index (χ0v) is 10.7. The molecule has 1 saturated carbocycles. The third-order valence-corrected chi connectivity index (χ3v) is 3.89. The van der Waals surface area contributed by atoms with Gasteiger partial charge >= 0.3 is 0 Å². The molecule has 0 saturated heterocycles. The van der Waals surface area contributed by atoms with E-state index in [9.17, 15) is 5.11 Å². The van der Waals surface area contributed by atoms with Gasteiger partial charge in [-0.1, -0.05) is 24.6 Å². The van der Waals surface area contributed by atoms with Gasteiger partial charge in [-0.2, -0.15) is 0 Å². The Morgan fingerprint density at radius 2 is 2.00 bits per heavy atom. The Balaban J connectivity index is 1.88. The molecule has 94 valence electrons. The van der Waals surface area contributed by atoms with Crippen molar-refractivity contribution in [1.82, 2.24) is 0 Å². The molecule has 2 unspecified atom stereocenters. The first kappa shape index (κ1) is 12.4. The quantitative estimate of drug-likeness (QED) is 0.845. The van der Waals surface area contributed by atoms with Crippen molar-refractivity contribution in [3.63, 3.8) is 0 Å². The third kappa shape index (κ3) is 3.22. The van der Waals surface area contributed by atoms with E-state index in [2.05, 4.69) is 42.2 Å². The molecule has 1 fully saturated rings. The lowest BCUT2D eigenvalue weighted by Crippen LogP contribution is -2.27. The standard InChI is InChI=1S/C15H23NO/c1-2-16(14-8-4-3-5-9-14)12-11-13-7-6-10-15(13)17/h3-5,8-9,13,15,17H,2,6-7,10-12H2,1H3. The van der Waals surface area contributed by atoms with Crippen molar-refractivity contribution in [2.24, 2.45) is 5.92 Å². The van der Waals surface area contributed by atoms with Crippen LogP contribution in [0.2, 0.25) is 0 Å². The summed E-state index contributed by atoms with van der Waals surface area (Å²) in [6.07, 6.45) is 4.47. The maximum absolute atomic E-state index is 9.83. The van der Waals surface area contributed by atoms with Crippen LogP contribution in [-0.4, -0.2) is 24.3 Å². The minimum Gasteiger partial charge on any atom is -0.393 e. The van der Waals surface area contributed by atoms with Gasteiger partial charge in [0.25, 0.3) is 0 Å². The summed E-state index contributed by atoms with van der Waals surface area (Å²) in [5.41, 5.74) is 1.29. The number of rotatable bonds is 5. The van der Waals surface area contributed by atoms with Crippen molar-refractivity contribution in [3.05, 3.63) is 30.3 Å². The summed E-state index contributed by atoms with van der Waals surface area (Å²) in [4.78, 5) is 2.39. The molecule has 2 nitrogen and oxygen atoms in total. The molecule has 0 bridgehead atoms. The fourth-order valence-electron chi connectivity index (χ4n) is 2.78. The molecular formula is C15H23NO. The highest BCUT2D eigenvalue weighted by Crippen LogP contribution is 2.28. The Morgan fingerprint density at radius 3 is 2.59 bits per heavy atom. The number of hydrogen-bond acceptors (Lipinski definition) is 2. The minimum atomic E-state index is -0.0514. The van der Waals surface area contributed by atoms with Crippen molar-refractivity contribution in [3.8, 4) is 0 Å². The van der Waals surface area contributed by atoms with Crippen LogP contribution in [0.5, 0.6) is 0 Å². The van der Waals surface area contributed by atoms with Gasteiger partial charge in [-0.05, 0) is 44.2 Å². The number of nitrogens with zero attached hydrogens (tertiary/aromatic N) is 1. The molecular weight excluding hydrogens is 210 g/mol. The van der Waals surface area contributed by atoms with Gasteiger partial charge in [-0.25, -0.2) is 0 Å². The number of aliphatic hydroxyl groups is 1. The molecule has 17 heavy (non-hydrogen) atoms. The largest absolute Gasteiger partial charge is 0.393 e. The van der Waals surface area contributed by atoms with E-state index in [0.717, 1.165) is 25.9 Å². The van der Waals surface area contributed by atoms with Gasteiger partial charge in [0.05, 0.1) is 6.10 Å². The monoisotopic (exact) mass is 233 g/mol. The Hall–Kier alpha value is -1.02. The van der Waals surface area contributed by atoms with Crippen molar-refractivity contribution >= 4 is 5.69 Å². The topological polar surface area (TPSA) is 23.5 Å².